The van der Waals surface area contributed by atoms with E-state index < -0.39 is 0 Å². The van der Waals surface area contributed by atoms with Gasteiger partial charge in [-0.2, -0.15) is 0 Å². The second-order valence-electron chi connectivity index (χ2n) is 4.93. The molecule has 0 bridgehead atoms. The van der Waals surface area contributed by atoms with Gasteiger partial charge in [-0.15, -0.1) is 0 Å². The maximum Gasteiger partial charge on any atom is 0.123 e. The van der Waals surface area contributed by atoms with Crippen LogP contribution in [0.3, 0.4) is 0 Å². The van der Waals surface area contributed by atoms with Crippen LogP contribution in [-0.4, -0.2) is 0 Å². The lowest BCUT2D eigenvalue weighted by Crippen LogP contribution is -2.01. The van der Waals surface area contributed by atoms with E-state index in [4.69, 9.17) is 11.6 Å². The van der Waals surface area contributed by atoms with E-state index in [0.717, 1.165) is 17.7 Å². The van der Waals surface area contributed by atoms with Crippen molar-refractivity contribution in [2.75, 3.05) is 5.32 Å². The summed E-state index contributed by atoms with van der Waals surface area (Å²) in [5.41, 5.74) is 4.73. The third-order valence-corrected chi connectivity index (χ3v) is 3.96. The quantitative estimate of drug-likeness (QED) is 0.864. The highest BCUT2D eigenvalue weighted by Crippen LogP contribution is 2.25. The second-order valence-corrected chi connectivity index (χ2v) is 5.33. The van der Waals surface area contributed by atoms with Crippen LogP contribution in [0, 0.1) is 5.82 Å². The molecule has 0 heterocycles. The van der Waals surface area contributed by atoms with Crippen LogP contribution in [0.1, 0.15) is 23.1 Å². The molecule has 98 valence electrons. The summed E-state index contributed by atoms with van der Waals surface area (Å²) in [7, 11) is 0. The molecule has 19 heavy (non-hydrogen) atoms. The predicted octanol–water partition coefficient (Wildman–Crippen LogP) is 4.58. The number of aryl methyl sites for hydroxylation is 2. The summed E-state index contributed by atoms with van der Waals surface area (Å²) in [5, 5.41) is 3.90. The van der Waals surface area contributed by atoms with Crippen LogP contribution in [0.5, 0.6) is 0 Å². The van der Waals surface area contributed by atoms with Crippen LogP contribution >= 0.6 is 11.6 Å². The van der Waals surface area contributed by atoms with Crippen LogP contribution in [0.15, 0.2) is 36.4 Å². The summed E-state index contributed by atoms with van der Waals surface area (Å²) >= 11 is 6.05. The van der Waals surface area contributed by atoms with Crippen molar-refractivity contribution in [3.05, 3.63) is 63.9 Å². The zero-order valence-electron chi connectivity index (χ0n) is 10.5. The number of hydrogen-bond donors (Lipinski definition) is 1. The standard InChI is InChI=1S/C16H15ClFN/c17-16-7-5-14(18)8-13(16)10-19-15-6-4-11-2-1-3-12(11)9-15/h4-9,19H,1-3,10H2. The molecule has 0 saturated carbocycles. The third kappa shape index (κ3) is 2.74. The van der Waals surface area contributed by atoms with Gasteiger partial charge >= 0.3 is 0 Å². The molecule has 0 aliphatic heterocycles. The Kier molecular flexibility index (Phi) is 3.43. The van der Waals surface area contributed by atoms with Gasteiger partial charge in [0.05, 0.1) is 0 Å². The Morgan fingerprint density at radius 1 is 1.05 bits per heavy atom. The summed E-state index contributed by atoms with van der Waals surface area (Å²) in [6.07, 6.45) is 3.59. The van der Waals surface area contributed by atoms with Crippen molar-refractivity contribution in [3.63, 3.8) is 0 Å². The summed E-state index contributed by atoms with van der Waals surface area (Å²) in [6, 6.07) is 10.9. The van der Waals surface area contributed by atoms with Crippen LogP contribution in [-0.2, 0) is 19.4 Å². The first-order valence-corrected chi connectivity index (χ1v) is 6.90. The van der Waals surface area contributed by atoms with E-state index in [9.17, 15) is 4.39 Å². The van der Waals surface area contributed by atoms with Crippen molar-refractivity contribution in [3.8, 4) is 0 Å². The first kappa shape index (κ1) is 12.5. The van der Waals surface area contributed by atoms with Gasteiger partial charge in [-0.1, -0.05) is 17.7 Å². The van der Waals surface area contributed by atoms with Gasteiger partial charge in [0.1, 0.15) is 5.82 Å². The van der Waals surface area contributed by atoms with Crippen molar-refractivity contribution in [1.29, 1.82) is 0 Å². The summed E-state index contributed by atoms with van der Waals surface area (Å²) in [5.74, 6) is -0.254. The molecule has 0 fully saturated rings. The molecule has 0 atom stereocenters. The molecule has 1 aliphatic carbocycles. The van der Waals surface area contributed by atoms with Gasteiger partial charge in [0.2, 0.25) is 0 Å². The van der Waals surface area contributed by atoms with Gasteiger partial charge in [-0.05, 0) is 66.3 Å². The van der Waals surface area contributed by atoms with Crippen LogP contribution in [0.2, 0.25) is 5.02 Å². The van der Waals surface area contributed by atoms with Gasteiger partial charge in [0, 0.05) is 17.3 Å². The van der Waals surface area contributed by atoms with Gasteiger partial charge in [-0.3, -0.25) is 0 Å². The van der Waals surface area contributed by atoms with Gasteiger partial charge in [0.25, 0.3) is 0 Å². The van der Waals surface area contributed by atoms with Crippen molar-refractivity contribution < 1.29 is 4.39 Å². The predicted molar refractivity (Wildman–Crippen MR) is 77.2 cm³/mol. The number of hydrogen-bond acceptors (Lipinski definition) is 1. The van der Waals surface area contributed by atoms with Crippen LogP contribution < -0.4 is 5.32 Å². The molecule has 2 aromatic rings. The zero-order valence-corrected chi connectivity index (χ0v) is 11.3. The second kappa shape index (κ2) is 5.22. The SMILES string of the molecule is Fc1ccc(Cl)c(CNc2ccc3c(c2)CCC3)c1. The number of benzene rings is 2. The number of anilines is 1. The minimum atomic E-state index is -0.254. The average Bonchev–Trinajstić information content (AvgIpc) is 2.87. The van der Waals surface area contributed by atoms with Crippen molar-refractivity contribution in [2.45, 2.75) is 25.8 Å². The van der Waals surface area contributed by atoms with E-state index in [-0.39, 0.29) is 5.82 Å². The summed E-state index contributed by atoms with van der Waals surface area (Å²) in [6.45, 7) is 0.537. The fraction of sp³-hybridized carbons (Fsp3) is 0.250. The number of halogens is 2. The topological polar surface area (TPSA) is 12.0 Å². The maximum atomic E-state index is 13.2. The highest BCUT2D eigenvalue weighted by Gasteiger charge is 2.10. The van der Waals surface area contributed by atoms with Crippen LogP contribution in [0.4, 0.5) is 10.1 Å². The summed E-state index contributed by atoms with van der Waals surface area (Å²) in [4.78, 5) is 0. The molecule has 0 amide bonds. The maximum absolute atomic E-state index is 13.2. The molecule has 0 radical (unpaired) electrons. The number of nitrogens with one attached hydrogen (secondary N) is 1. The molecule has 3 heteroatoms. The Morgan fingerprint density at radius 2 is 1.89 bits per heavy atom. The Bertz CT molecular complexity index is 610. The molecule has 0 spiro atoms. The van der Waals surface area contributed by atoms with Crippen molar-refractivity contribution in [2.24, 2.45) is 0 Å². The minimum absolute atomic E-state index is 0.254. The molecule has 1 N–H and O–H groups in total. The lowest BCUT2D eigenvalue weighted by Gasteiger charge is -2.10. The lowest BCUT2D eigenvalue weighted by atomic mass is 10.1. The highest BCUT2D eigenvalue weighted by atomic mass is 35.5. The molecule has 2 aromatic carbocycles. The number of rotatable bonds is 3. The lowest BCUT2D eigenvalue weighted by molar-refractivity contribution is 0.626. The molecule has 0 unspecified atom stereocenters. The van der Waals surface area contributed by atoms with Crippen molar-refractivity contribution >= 4 is 17.3 Å². The van der Waals surface area contributed by atoms with Crippen molar-refractivity contribution in [1.82, 2.24) is 0 Å². The molecular formula is C16H15ClFN. The fourth-order valence-corrected chi connectivity index (χ4v) is 2.74. The van der Waals surface area contributed by atoms with Gasteiger partial charge < -0.3 is 5.32 Å². The van der Waals surface area contributed by atoms with E-state index in [2.05, 4.69) is 23.5 Å². The first-order chi connectivity index (χ1) is 9.22. The summed E-state index contributed by atoms with van der Waals surface area (Å²) < 4.78 is 13.2. The largest absolute Gasteiger partial charge is 0.381 e. The van der Waals surface area contributed by atoms with E-state index in [1.807, 2.05) is 0 Å². The first-order valence-electron chi connectivity index (χ1n) is 6.52. The molecular weight excluding hydrogens is 261 g/mol. The number of fused-ring (bicyclic) bond motifs is 1. The van der Waals surface area contributed by atoms with E-state index in [1.165, 1.54) is 36.1 Å². The molecule has 0 saturated heterocycles. The third-order valence-electron chi connectivity index (χ3n) is 3.59. The Labute approximate surface area is 117 Å². The Morgan fingerprint density at radius 3 is 2.79 bits per heavy atom. The smallest absolute Gasteiger partial charge is 0.123 e. The normalized spacial score (nSPS) is 13.4. The van der Waals surface area contributed by atoms with Crippen LogP contribution in [0.25, 0.3) is 0 Å². The fourth-order valence-electron chi connectivity index (χ4n) is 2.56. The highest BCUT2D eigenvalue weighted by molar-refractivity contribution is 6.31. The zero-order chi connectivity index (χ0) is 13.2. The monoisotopic (exact) mass is 275 g/mol. The Hall–Kier alpha value is -1.54. The molecule has 1 nitrogen and oxygen atoms in total. The molecule has 3 rings (SSSR count). The van der Waals surface area contributed by atoms with E-state index in [1.54, 1.807) is 6.07 Å². The van der Waals surface area contributed by atoms with E-state index in [0.29, 0.717) is 11.6 Å². The molecule has 0 aromatic heterocycles. The minimum Gasteiger partial charge on any atom is -0.381 e. The van der Waals surface area contributed by atoms with E-state index >= 15 is 0 Å². The Balaban J connectivity index is 1.74. The average molecular weight is 276 g/mol. The molecule has 1 aliphatic rings. The van der Waals surface area contributed by atoms with Gasteiger partial charge in [0.15, 0.2) is 0 Å². The van der Waals surface area contributed by atoms with Gasteiger partial charge in [-0.25, -0.2) is 4.39 Å².